The van der Waals surface area contributed by atoms with E-state index < -0.39 is 0 Å². The average molecular weight is 258 g/mol. The van der Waals surface area contributed by atoms with E-state index in [1.165, 1.54) is 11.1 Å². The third kappa shape index (κ3) is 3.46. The Morgan fingerprint density at radius 3 is 1.78 bits per heavy atom. The maximum Gasteiger partial charge on any atom is 0.0579 e. The molecule has 0 heterocycles. The van der Waals surface area contributed by atoms with Gasteiger partial charge in [0.2, 0.25) is 0 Å². The Bertz CT molecular complexity index is 454. The van der Waals surface area contributed by atoms with Gasteiger partial charge in [0, 0.05) is 11.6 Å². The first-order valence-corrected chi connectivity index (χ1v) is 6.31. The first-order valence-electron chi connectivity index (χ1n) is 5.94. The van der Waals surface area contributed by atoms with E-state index in [1.807, 2.05) is 36.4 Å². The van der Waals surface area contributed by atoms with Crippen molar-refractivity contribution in [3.05, 3.63) is 83.4 Å². The highest BCUT2D eigenvalue weighted by molar-refractivity contribution is 6.29. The number of nitrogens with one attached hydrogen (secondary N) is 1. The van der Waals surface area contributed by atoms with E-state index in [1.54, 1.807) is 0 Å². The van der Waals surface area contributed by atoms with Crippen LogP contribution in [0.5, 0.6) is 0 Å². The zero-order valence-electron chi connectivity index (χ0n) is 10.1. The van der Waals surface area contributed by atoms with Gasteiger partial charge in [-0.15, -0.1) is 0 Å². The second-order valence-electron chi connectivity index (χ2n) is 4.15. The molecule has 0 fully saturated rings. The fraction of sp³-hybridized carbons (Fsp3) is 0.125. The molecular formula is C16H16ClN. The van der Waals surface area contributed by atoms with Crippen LogP contribution < -0.4 is 5.32 Å². The third-order valence-corrected chi connectivity index (χ3v) is 2.90. The SMILES string of the molecule is C=C(Cl)CNC(c1ccccc1)c1ccccc1. The molecule has 0 unspecified atom stereocenters. The summed E-state index contributed by atoms with van der Waals surface area (Å²) in [7, 11) is 0. The maximum absolute atomic E-state index is 5.84. The lowest BCUT2D eigenvalue weighted by molar-refractivity contribution is 0.649. The maximum atomic E-state index is 5.84. The molecular weight excluding hydrogens is 242 g/mol. The highest BCUT2D eigenvalue weighted by Crippen LogP contribution is 2.21. The van der Waals surface area contributed by atoms with E-state index >= 15 is 0 Å². The highest BCUT2D eigenvalue weighted by Gasteiger charge is 2.12. The van der Waals surface area contributed by atoms with Gasteiger partial charge in [-0.3, -0.25) is 0 Å². The van der Waals surface area contributed by atoms with Crippen LogP contribution in [0.2, 0.25) is 0 Å². The second-order valence-corrected chi connectivity index (χ2v) is 4.69. The van der Waals surface area contributed by atoms with Crippen molar-refractivity contribution >= 4 is 11.6 Å². The summed E-state index contributed by atoms with van der Waals surface area (Å²) in [6, 6.07) is 20.8. The van der Waals surface area contributed by atoms with Gasteiger partial charge in [0.05, 0.1) is 6.04 Å². The molecule has 0 aliphatic heterocycles. The zero-order valence-corrected chi connectivity index (χ0v) is 10.9. The topological polar surface area (TPSA) is 12.0 Å². The lowest BCUT2D eigenvalue weighted by Gasteiger charge is -2.19. The summed E-state index contributed by atoms with van der Waals surface area (Å²) >= 11 is 5.84. The Hall–Kier alpha value is -1.57. The minimum Gasteiger partial charge on any atom is -0.301 e. The van der Waals surface area contributed by atoms with Crippen LogP contribution in [0.15, 0.2) is 72.3 Å². The van der Waals surface area contributed by atoms with Gasteiger partial charge in [0.15, 0.2) is 0 Å². The lowest BCUT2D eigenvalue weighted by Crippen LogP contribution is -2.23. The Morgan fingerprint density at radius 1 is 0.944 bits per heavy atom. The molecule has 0 aliphatic rings. The second kappa shape index (κ2) is 6.39. The minimum absolute atomic E-state index is 0.142. The molecule has 0 amide bonds. The van der Waals surface area contributed by atoms with Crippen molar-refractivity contribution in [1.29, 1.82) is 0 Å². The summed E-state index contributed by atoms with van der Waals surface area (Å²) in [5, 5.41) is 4.04. The van der Waals surface area contributed by atoms with Gasteiger partial charge in [-0.2, -0.15) is 0 Å². The van der Waals surface area contributed by atoms with Crippen LogP contribution in [-0.4, -0.2) is 6.54 Å². The average Bonchev–Trinajstić information content (AvgIpc) is 2.41. The van der Waals surface area contributed by atoms with Crippen LogP contribution in [0, 0.1) is 0 Å². The fourth-order valence-corrected chi connectivity index (χ4v) is 2.01. The van der Waals surface area contributed by atoms with E-state index in [0.29, 0.717) is 11.6 Å². The van der Waals surface area contributed by atoms with Crippen LogP contribution in [0.4, 0.5) is 0 Å². The molecule has 18 heavy (non-hydrogen) atoms. The van der Waals surface area contributed by atoms with E-state index in [-0.39, 0.29) is 6.04 Å². The first-order chi connectivity index (χ1) is 8.77. The molecule has 1 N–H and O–H groups in total. The van der Waals surface area contributed by atoms with Gasteiger partial charge in [-0.1, -0.05) is 78.8 Å². The molecule has 2 rings (SSSR count). The summed E-state index contributed by atoms with van der Waals surface area (Å²) < 4.78 is 0. The van der Waals surface area contributed by atoms with Gasteiger partial charge in [-0.25, -0.2) is 0 Å². The van der Waals surface area contributed by atoms with Crippen molar-refractivity contribution < 1.29 is 0 Å². The lowest BCUT2D eigenvalue weighted by atomic mass is 9.99. The Kier molecular flexibility index (Phi) is 4.57. The fourth-order valence-electron chi connectivity index (χ4n) is 1.93. The third-order valence-electron chi connectivity index (χ3n) is 2.76. The summed E-state index contributed by atoms with van der Waals surface area (Å²) in [4.78, 5) is 0. The Morgan fingerprint density at radius 2 is 1.39 bits per heavy atom. The number of hydrogen-bond acceptors (Lipinski definition) is 1. The molecule has 0 atom stereocenters. The first kappa shape index (κ1) is 12.9. The van der Waals surface area contributed by atoms with Gasteiger partial charge >= 0.3 is 0 Å². The van der Waals surface area contributed by atoms with Gasteiger partial charge in [0.1, 0.15) is 0 Å². The number of rotatable bonds is 5. The predicted molar refractivity (Wildman–Crippen MR) is 77.7 cm³/mol. The van der Waals surface area contributed by atoms with E-state index in [2.05, 4.69) is 36.2 Å². The molecule has 0 aromatic heterocycles. The van der Waals surface area contributed by atoms with Crippen LogP contribution in [-0.2, 0) is 0 Å². The highest BCUT2D eigenvalue weighted by atomic mass is 35.5. The van der Waals surface area contributed by atoms with Crippen LogP contribution >= 0.6 is 11.6 Å². The number of hydrogen-bond donors (Lipinski definition) is 1. The minimum atomic E-state index is 0.142. The molecule has 2 aromatic rings. The molecule has 0 spiro atoms. The van der Waals surface area contributed by atoms with Gasteiger partial charge in [0.25, 0.3) is 0 Å². The van der Waals surface area contributed by atoms with Gasteiger partial charge < -0.3 is 5.32 Å². The van der Waals surface area contributed by atoms with Crippen molar-refractivity contribution in [3.8, 4) is 0 Å². The molecule has 0 saturated heterocycles. The van der Waals surface area contributed by atoms with Crippen LogP contribution in [0.1, 0.15) is 17.2 Å². The molecule has 2 aromatic carbocycles. The molecule has 0 saturated carbocycles. The summed E-state index contributed by atoms with van der Waals surface area (Å²) in [6.07, 6.45) is 0. The molecule has 1 nitrogen and oxygen atoms in total. The number of halogens is 1. The number of benzene rings is 2. The summed E-state index contributed by atoms with van der Waals surface area (Å²) in [6.45, 7) is 4.31. The van der Waals surface area contributed by atoms with E-state index in [9.17, 15) is 0 Å². The standard InChI is InChI=1S/C16H16ClN/c1-13(17)12-18-16(14-8-4-2-5-9-14)15-10-6-3-7-11-15/h2-11,16,18H,1,12H2. The van der Waals surface area contributed by atoms with E-state index in [0.717, 1.165) is 0 Å². The van der Waals surface area contributed by atoms with Crippen LogP contribution in [0.25, 0.3) is 0 Å². The molecule has 0 aliphatic carbocycles. The van der Waals surface area contributed by atoms with Crippen molar-refractivity contribution in [3.63, 3.8) is 0 Å². The smallest absolute Gasteiger partial charge is 0.0579 e. The van der Waals surface area contributed by atoms with Gasteiger partial charge in [-0.05, 0) is 11.1 Å². The molecule has 92 valence electrons. The Labute approximate surface area is 113 Å². The largest absolute Gasteiger partial charge is 0.301 e. The Balaban J connectivity index is 2.26. The van der Waals surface area contributed by atoms with Crippen molar-refractivity contribution in [2.45, 2.75) is 6.04 Å². The van der Waals surface area contributed by atoms with E-state index in [4.69, 9.17) is 11.6 Å². The quantitative estimate of drug-likeness (QED) is 0.850. The van der Waals surface area contributed by atoms with Crippen molar-refractivity contribution in [2.75, 3.05) is 6.54 Å². The predicted octanol–water partition coefficient (Wildman–Crippen LogP) is 4.12. The normalized spacial score (nSPS) is 10.6. The molecule has 2 heteroatoms. The monoisotopic (exact) mass is 257 g/mol. The van der Waals surface area contributed by atoms with Crippen molar-refractivity contribution in [2.24, 2.45) is 0 Å². The summed E-state index contributed by atoms with van der Waals surface area (Å²) in [5.41, 5.74) is 2.45. The van der Waals surface area contributed by atoms with Crippen LogP contribution in [0.3, 0.4) is 0 Å². The summed E-state index contributed by atoms with van der Waals surface area (Å²) in [5.74, 6) is 0. The zero-order chi connectivity index (χ0) is 12.8. The molecule has 0 bridgehead atoms. The van der Waals surface area contributed by atoms with Crippen molar-refractivity contribution in [1.82, 2.24) is 5.32 Å². The molecule has 0 radical (unpaired) electrons.